The lowest BCUT2D eigenvalue weighted by molar-refractivity contribution is -0.0365. The SMILES string of the molecule is CCc1nc(-c2nn(C3CCCCO3)c3ccc(-c4cncc(CN(CC)C(=O)OC(C)(C)C)c4C)cc23)[nH]c1CC. The van der Waals surface area contributed by atoms with E-state index in [1.807, 2.05) is 44.8 Å². The fraction of sp³-hybridized carbons (Fsp3) is 0.515. The minimum atomic E-state index is -0.552. The van der Waals surface area contributed by atoms with Crippen molar-refractivity contribution in [3.8, 4) is 22.6 Å². The summed E-state index contributed by atoms with van der Waals surface area (Å²) in [7, 11) is 0. The van der Waals surface area contributed by atoms with E-state index in [1.54, 1.807) is 4.90 Å². The Balaban J connectivity index is 1.57. The number of hydrogen-bond acceptors (Lipinski definition) is 6. The highest BCUT2D eigenvalue weighted by molar-refractivity contribution is 5.95. The number of imidazole rings is 1. The van der Waals surface area contributed by atoms with Crippen molar-refractivity contribution in [1.82, 2.24) is 29.6 Å². The molecule has 3 aromatic heterocycles. The number of aromatic nitrogens is 5. The maximum absolute atomic E-state index is 12.8. The predicted molar refractivity (Wildman–Crippen MR) is 165 cm³/mol. The van der Waals surface area contributed by atoms with E-state index in [0.29, 0.717) is 13.1 Å². The lowest BCUT2D eigenvalue weighted by Crippen LogP contribution is -2.36. The molecule has 42 heavy (non-hydrogen) atoms. The maximum atomic E-state index is 12.8. The number of amides is 1. The summed E-state index contributed by atoms with van der Waals surface area (Å²) in [5.74, 6) is 0.792. The van der Waals surface area contributed by atoms with Gasteiger partial charge in [-0.15, -0.1) is 0 Å². The summed E-state index contributed by atoms with van der Waals surface area (Å²) < 4.78 is 13.8. The van der Waals surface area contributed by atoms with Crippen molar-refractivity contribution in [3.05, 3.63) is 53.1 Å². The summed E-state index contributed by atoms with van der Waals surface area (Å²) in [5, 5.41) is 6.13. The Labute approximate surface area is 248 Å². The van der Waals surface area contributed by atoms with Gasteiger partial charge in [0.05, 0.1) is 17.8 Å². The van der Waals surface area contributed by atoms with Gasteiger partial charge in [0.1, 0.15) is 11.3 Å². The van der Waals surface area contributed by atoms with Crippen molar-refractivity contribution >= 4 is 17.0 Å². The van der Waals surface area contributed by atoms with E-state index in [4.69, 9.17) is 19.6 Å². The second-order valence-corrected chi connectivity index (χ2v) is 12.0. The number of aryl methyl sites for hydroxylation is 2. The molecule has 1 unspecified atom stereocenters. The highest BCUT2D eigenvalue weighted by atomic mass is 16.6. The highest BCUT2D eigenvalue weighted by Crippen LogP contribution is 2.36. The van der Waals surface area contributed by atoms with Crippen LogP contribution in [0.4, 0.5) is 4.79 Å². The molecule has 0 saturated carbocycles. The summed E-state index contributed by atoms with van der Waals surface area (Å²) in [6.45, 7) is 15.7. The van der Waals surface area contributed by atoms with Crippen LogP contribution in [-0.2, 0) is 28.9 Å². The van der Waals surface area contributed by atoms with Crippen molar-refractivity contribution in [2.45, 2.75) is 98.9 Å². The lowest BCUT2D eigenvalue weighted by Gasteiger charge is -2.27. The van der Waals surface area contributed by atoms with E-state index in [2.05, 4.69) is 48.9 Å². The molecule has 9 heteroatoms. The molecule has 1 saturated heterocycles. The average molecular weight is 573 g/mol. The lowest BCUT2D eigenvalue weighted by atomic mass is 9.97. The zero-order valence-corrected chi connectivity index (χ0v) is 26.1. The normalized spacial score (nSPS) is 15.7. The molecule has 1 N–H and O–H groups in total. The van der Waals surface area contributed by atoms with Crippen molar-refractivity contribution in [2.24, 2.45) is 0 Å². The topological polar surface area (TPSA) is 98.2 Å². The van der Waals surface area contributed by atoms with E-state index in [1.165, 1.54) is 0 Å². The zero-order chi connectivity index (χ0) is 30.0. The standard InChI is InChI=1S/C33H44N6O3/c1-8-26-27(9-2)36-31(35-26)30-24-17-22(14-15-28(24)39(37-30)29-13-11-12-16-41-29)25-19-34-18-23(21(25)4)20-38(10-3)32(40)42-33(5,6)7/h14-15,17-19,29H,8-13,16,20H2,1-7H3,(H,35,36). The number of hydrogen-bond donors (Lipinski definition) is 1. The fourth-order valence-corrected chi connectivity index (χ4v) is 5.62. The fourth-order valence-electron chi connectivity index (χ4n) is 5.62. The number of aromatic amines is 1. The summed E-state index contributed by atoms with van der Waals surface area (Å²) in [4.78, 5) is 27.6. The van der Waals surface area contributed by atoms with Crippen molar-refractivity contribution in [2.75, 3.05) is 13.2 Å². The minimum Gasteiger partial charge on any atom is -0.444 e. The highest BCUT2D eigenvalue weighted by Gasteiger charge is 2.25. The minimum absolute atomic E-state index is 0.0910. The Bertz CT molecular complexity index is 1540. The molecule has 5 rings (SSSR count). The van der Waals surface area contributed by atoms with Crippen LogP contribution in [0, 0.1) is 6.92 Å². The van der Waals surface area contributed by atoms with Gasteiger partial charge in [0, 0.05) is 42.2 Å². The smallest absolute Gasteiger partial charge is 0.410 e. The van der Waals surface area contributed by atoms with E-state index >= 15 is 0 Å². The van der Waals surface area contributed by atoms with Crippen molar-refractivity contribution in [1.29, 1.82) is 0 Å². The second kappa shape index (κ2) is 12.3. The van der Waals surface area contributed by atoms with Gasteiger partial charge in [0.15, 0.2) is 12.1 Å². The van der Waals surface area contributed by atoms with Gasteiger partial charge in [-0.25, -0.2) is 14.5 Å². The van der Waals surface area contributed by atoms with Crippen LogP contribution in [0.3, 0.4) is 0 Å². The van der Waals surface area contributed by atoms with Crippen molar-refractivity contribution < 1.29 is 14.3 Å². The van der Waals surface area contributed by atoms with Crippen LogP contribution in [0.5, 0.6) is 0 Å². The van der Waals surface area contributed by atoms with Crippen LogP contribution < -0.4 is 0 Å². The predicted octanol–water partition coefficient (Wildman–Crippen LogP) is 7.38. The van der Waals surface area contributed by atoms with E-state index < -0.39 is 5.60 Å². The molecule has 1 aromatic carbocycles. The van der Waals surface area contributed by atoms with E-state index in [-0.39, 0.29) is 12.3 Å². The molecule has 1 atom stereocenters. The number of H-pyrrole nitrogens is 1. The third kappa shape index (κ3) is 6.07. The molecule has 1 aliphatic heterocycles. The third-order valence-electron chi connectivity index (χ3n) is 7.94. The summed E-state index contributed by atoms with van der Waals surface area (Å²) in [6.07, 6.45) is 8.22. The molecule has 0 spiro atoms. The Morgan fingerprint density at radius 2 is 1.98 bits per heavy atom. The molecule has 9 nitrogen and oxygen atoms in total. The molecule has 224 valence electrons. The van der Waals surface area contributed by atoms with Crippen LogP contribution in [0.1, 0.15) is 89.5 Å². The zero-order valence-electron chi connectivity index (χ0n) is 26.1. The van der Waals surface area contributed by atoms with Gasteiger partial charge in [-0.1, -0.05) is 19.9 Å². The molecule has 0 bridgehead atoms. The number of benzene rings is 1. The van der Waals surface area contributed by atoms with E-state index in [0.717, 1.165) is 94.8 Å². The molecule has 1 fully saturated rings. The Kier molecular flexibility index (Phi) is 8.68. The van der Waals surface area contributed by atoms with Crippen LogP contribution in [-0.4, -0.2) is 54.5 Å². The molecule has 1 aliphatic rings. The number of carbonyl (C=O) groups excluding carboxylic acids is 1. The molecule has 0 aliphatic carbocycles. The van der Waals surface area contributed by atoms with Crippen LogP contribution in [0.25, 0.3) is 33.5 Å². The molecule has 1 amide bonds. The van der Waals surface area contributed by atoms with Gasteiger partial charge >= 0.3 is 6.09 Å². The number of pyridine rings is 1. The number of fused-ring (bicyclic) bond motifs is 1. The third-order valence-corrected chi connectivity index (χ3v) is 7.94. The number of nitrogens with one attached hydrogen (secondary N) is 1. The summed E-state index contributed by atoms with van der Waals surface area (Å²) in [6, 6.07) is 6.45. The van der Waals surface area contributed by atoms with Crippen LogP contribution >= 0.6 is 0 Å². The first-order valence-electron chi connectivity index (χ1n) is 15.3. The van der Waals surface area contributed by atoms with Gasteiger partial charge in [-0.05, 0) is 95.5 Å². The molecular formula is C33H44N6O3. The van der Waals surface area contributed by atoms with Gasteiger partial charge in [-0.3, -0.25) is 4.98 Å². The molecule has 0 radical (unpaired) electrons. The number of nitrogens with zero attached hydrogens (tertiary/aromatic N) is 5. The maximum Gasteiger partial charge on any atom is 0.410 e. The quantitative estimate of drug-likeness (QED) is 0.237. The molecule has 4 aromatic rings. The number of ether oxygens (including phenoxy) is 2. The van der Waals surface area contributed by atoms with Crippen molar-refractivity contribution in [3.63, 3.8) is 0 Å². The monoisotopic (exact) mass is 572 g/mol. The first kappa shape index (κ1) is 29.8. The molecular weight excluding hydrogens is 528 g/mol. The Morgan fingerprint density at radius 3 is 2.62 bits per heavy atom. The first-order valence-corrected chi connectivity index (χ1v) is 15.3. The molecule has 4 heterocycles. The summed E-state index contributed by atoms with van der Waals surface area (Å²) >= 11 is 0. The first-order chi connectivity index (χ1) is 20.1. The van der Waals surface area contributed by atoms with Gasteiger partial charge in [0.2, 0.25) is 0 Å². The largest absolute Gasteiger partial charge is 0.444 e. The summed E-state index contributed by atoms with van der Waals surface area (Å²) in [5.41, 5.74) is 7.66. The average Bonchev–Trinajstić information content (AvgIpc) is 3.57. The Morgan fingerprint density at radius 1 is 1.17 bits per heavy atom. The number of rotatable bonds is 8. The Hall–Kier alpha value is -3.72. The van der Waals surface area contributed by atoms with Gasteiger partial charge < -0.3 is 19.4 Å². The van der Waals surface area contributed by atoms with E-state index in [9.17, 15) is 4.79 Å². The second-order valence-electron chi connectivity index (χ2n) is 12.0. The van der Waals surface area contributed by atoms with Crippen LogP contribution in [0.2, 0.25) is 0 Å². The van der Waals surface area contributed by atoms with Gasteiger partial charge in [0.25, 0.3) is 0 Å². The van der Waals surface area contributed by atoms with Crippen LogP contribution in [0.15, 0.2) is 30.6 Å². The van der Waals surface area contributed by atoms with Gasteiger partial charge in [-0.2, -0.15) is 5.10 Å². The number of carbonyl (C=O) groups is 1.